The molecule has 130 valence electrons. The summed E-state index contributed by atoms with van der Waals surface area (Å²) in [5.74, 6) is -0.145. The fourth-order valence-corrected chi connectivity index (χ4v) is 4.44. The fourth-order valence-electron chi connectivity index (χ4n) is 2.52. The smallest absolute Gasteiger partial charge is 0.229 e. The highest BCUT2D eigenvalue weighted by atomic mass is 32.2. The molecule has 7 nitrogen and oxygen atoms in total. The second-order valence-corrected chi connectivity index (χ2v) is 8.99. The van der Waals surface area contributed by atoms with Gasteiger partial charge in [-0.1, -0.05) is 24.7 Å². The standard InChI is InChI=1S/C14H24N4O3S2/c1-3-5-6-12-16-17-14(22-12)15-13(19)11-7-9-18(10-8-11)23(20,21)4-2/h11H,3-10H2,1-2H3,(H,15,17,19). The first kappa shape index (κ1) is 18.3. The highest BCUT2D eigenvalue weighted by Crippen LogP contribution is 2.23. The molecule has 1 fully saturated rings. The lowest BCUT2D eigenvalue weighted by atomic mass is 9.97. The molecule has 1 aliphatic rings. The highest BCUT2D eigenvalue weighted by Gasteiger charge is 2.30. The van der Waals surface area contributed by atoms with Crippen LogP contribution in [0.5, 0.6) is 0 Å². The first-order valence-corrected chi connectivity index (χ1v) is 10.5. The zero-order chi connectivity index (χ0) is 16.9. The summed E-state index contributed by atoms with van der Waals surface area (Å²) in [6, 6.07) is 0. The number of anilines is 1. The summed E-state index contributed by atoms with van der Waals surface area (Å²) in [4.78, 5) is 12.3. The Morgan fingerprint density at radius 3 is 2.61 bits per heavy atom. The Labute approximate surface area is 141 Å². The van der Waals surface area contributed by atoms with E-state index in [1.165, 1.54) is 15.6 Å². The number of rotatable bonds is 7. The second kappa shape index (κ2) is 8.16. The van der Waals surface area contributed by atoms with Crippen LogP contribution in [0.3, 0.4) is 0 Å². The number of carbonyl (C=O) groups excluding carboxylic acids is 1. The largest absolute Gasteiger partial charge is 0.300 e. The lowest BCUT2D eigenvalue weighted by molar-refractivity contribution is -0.120. The first-order valence-electron chi connectivity index (χ1n) is 8.07. The molecule has 1 aromatic heterocycles. The molecule has 1 N–H and O–H groups in total. The molecule has 0 spiro atoms. The molecule has 0 aromatic carbocycles. The van der Waals surface area contributed by atoms with Crippen LogP contribution in [0.2, 0.25) is 0 Å². The molecule has 0 radical (unpaired) electrons. The van der Waals surface area contributed by atoms with Gasteiger partial charge >= 0.3 is 0 Å². The lowest BCUT2D eigenvalue weighted by Crippen LogP contribution is -2.42. The number of hydrogen-bond donors (Lipinski definition) is 1. The van der Waals surface area contributed by atoms with Crippen molar-refractivity contribution in [2.75, 3.05) is 24.2 Å². The molecule has 0 unspecified atom stereocenters. The minimum absolute atomic E-state index is 0.0864. The number of unbranched alkanes of at least 4 members (excludes halogenated alkanes) is 1. The normalized spacial score (nSPS) is 17.3. The van der Waals surface area contributed by atoms with Gasteiger partial charge in [0.25, 0.3) is 0 Å². The minimum atomic E-state index is -3.15. The molecule has 0 saturated carbocycles. The Hall–Kier alpha value is -1.06. The molecular formula is C14H24N4O3S2. The summed E-state index contributed by atoms with van der Waals surface area (Å²) in [5.41, 5.74) is 0. The SMILES string of the molecule is CCCCc1nnc(NC(=O)C2CCN(S(=O)(=O)CC)CC2)s1. The van der Waals surface area contributed by atoms with Crippen LogP contribution in [-0.2, 0) is 21.2 Å². The second-order valence-electron chi connectivity index (χ2n) is 5.67. The van der Waals surface area contributed by atoms with Crippen molar-refractivity contribution in [3.05, 3.63) is 5.01 Å². The molecule has 2 rings (SSSR count). The van der Waals surface area contributed by atoms with Crippen molar-refractivity contribution < 1.29 is 13.2 Å². The average Bonchev–Trinajstić information content (AvgIpc) is 3.00. The maximum Gasteiger partial charge on any atom is 0.229 e. The number of aromatic nitrogens is 2. The van der Waals surface area contributed by atoms with Crippen LogP contribution in [0, 0.1) is 5.92 Å². The van der Waals surface area contributed by atoms with Gasteiger partial charge in [0.1, 0.15) is 5.01 Å². The van der Waals surface area contributed by atoms with E-state index in [2.05, 4.69) is 22.4 Å². The number of nitrogens with one attached hydrogen (secondary N) is 1. The predicted molar refractivity (Wildman–Crippen MR) is 90.9 cm³/mol. The van der Waals surface area contributed by atoms with Gasteiger partial charge in [-0.05, 0) is 26.2 Å². The summed E-state index contributed by atoms with van der Waals surface area (Å²) in [6.45, 7) is 4.58. The number of amides is 1. The maximum atomic E-state index is 12.3. The van der Waals surface area contributed by atoms with Gasteiger partial charge in [-0.25, -0.2) is 12.7 Å². The van der Waals surface area contributed by atoms with Gasteiger partial charge in [-0.3, -0.25) is 4.79 Å². The van der Waals surface area contributed by atoms with Crippen LogP contribution in [0.4, 0.5) is 5.13 Å². The van der Waals surface area contributed by atoms with E-state index < -0.39 is 10.0 Å². The number of aryl methyl sites for hydroxylation is 1. The van der Waals surface area contributed by atoms with Crippen molar-refractivity contribution in [3.63, 3.8) is 0 Å². The number of piperidine rings is 1. The Kier molecular flexibility index (Phi) is 6.49. The van der Waals surface area contributed by atoms with Crippen LogP contribution >= 0.6 is 11.3 Å². The van der Waals surface area contributed by atoms with Crippen molar-refractivity contribution in [2.24, 2.45) is 5.92 Å². The van der Waals surface area contributed by atoms with Crippen LogP contribution in [0.1, 0.15) is 44.5 Å². The Morgan fingerprint density at radius 2 is 2.00 bits per heavy atom. The number of nitrogens with zero attached hydrogens (tertiary/aromatic N) is 3. The molecule has 2 heterocycles. The molecule has 9 heteroatoms. The van der Waals surface area contributed by atoms with Gasteiger partial charge in [-0.15, -0.1) is 10.2 Å². The Morgan fingerprint density at radius 1 is 1.30 bits per heavy atom. The molecule has 1 aromatic rings. The molecule has 23 heavy (non-hydrogen) atoms. The topological polar surface area (TPSA) is 92.3 Å². The quantitative estimate of drug-likeness (QED) is 0.801. The van der Waals surface area contributed by atoms with Crippen LogP contribution < -0.4 is 5.32 Å². The Balaban J connectivity index is 1.84. The lowest BCUT2D eigenvalue weighted by Gasteiger charge is -2.29. The maximum absolute atomic E-state index is 12.3. The van der Waals surface area contributed by atoms with Gasteiger partial charge < -0.3 is 5.32 Å². The Bertz CT molecular complexity index is 622. The van der Waals surface area contributed by atoms with E-state index in [4.69, 9.17) is 0 Å². The average molecular weight is 361 g/mol. The third-order valence-corrected chi connectivity index (χ3v) is 6.80. The van der Waals surface area contributed by atoms with E-state index in [0.717, 1.165) is 24.3 Å². The van der Waals surface area contributed by atoms with Crippen LogP contribution in [-0.4, -0.2) is 47.7 Å². The van der Waals surface area contributed by atoms with Crippen LogP contribution in [0.25, 0.3) is 0 Å². The van der Waals surface area contributed by atoms with Crippen molar-refractivity contribution >= 4 is 32.4 Å². The van der Waals surface area contributed by atoms with Gasteiger partial charge in [-0.2, -0.15) is 0 Å². The van der Waals surface area contributed by atoms with E-state index in [9.17, 15) is 13.2 Å². The third-order valence-electron chi connectivity index (χ3n) is 4.02. The summed E-state index contributed by atoms with van der Waals surface area (Å²) in [7, 11) is -3.15. The van der Waals surface area contributed by atoms with E-state index >= 15 is 0 Å². The molecule has 1 amide bonds. The monoisotopic (exact) mass is 360 g/mol. The first-order chi connectivity index (χ1) is 11.0. The van der Waals surface area contributed by atoms with Crippen molar-refractivity contribution in [3.8, 4) is 0 Å². The van der Waals surface area contributed by atoms with E-state index in [-0.39, 0.29) is 17.6 Å². The third kappa shape index (κ3) is 4.95. The summed E-state index contributed by atoms with van der Waals surface area (Å²) < 4.78 is 25.1. The molecule has 0 aliphatic carbocycles. The van der Waals surface area contributed by atoms with Gasteiger partial charge in [0.15, 0.2) is 0 Å². The van der Waals surface area contributed by atoms with Gasteiger partial charge in [0, 0.05) is 25.4 Å². The molecule has 1 aliphatic heterocycles. The van der Waals surface area contributed by atoms with Crippen molar-refractivity contribution in [2.45, 2.75) is 46.0 Å². The number of hydrogen-bond acceptors (Lipinski definition) is 6. The molecular weight excluding hydrogens is 336 g/mol. The van der Waals surface area contributed by atoms with Crippen LogP contribution in [0.15, 0.2) is 0 Å². The van der Waals surface area contributed by atoms with Crippen molar-refractivity contribution in [1.82, 2.24) is 14.5 Å². The van der Waals surface area contributed by atoms with Gasteiger partial charge in [0.05, 0.1) is 5.75 Å². The van der Waals surface area contributed by atoms with E-state index in [1.807, 2.05) is 0 Å². The summed E-state index contributed by atoms with van der Waals surface area (Å²) in [6.07, 6.45) is 4.14. The molecule has 1 saturated heterocycles. The number of carbonyl (C=O) groups is 1. The van der Waals surface area contributed by atoms with E-state index in [1.54, 1.807) is 6.92 Å². The van der Waals surface area contributed by atoms with Crippen molar-refractivity contribution in [1.29, 1.82) is 0 Å². The zero-order valence-electron chi connectivity index (χ0n) is 13.6. The summed E-state index contributed by atoms with van der Waals surface area (Å²) >= 11 is 1.41. The minimum Gasteiger partial charge on any atom is -0.300 e. The zero-order valence-corrected chi connectivity index (χ0v) is 15.3. The summed E-state index contributed by atoms with van der Waals surface area (Å²) in [5, 5.41) is 12.4. The number of sulfonamides is 1. The molecule has 0 bridgehead atoms. The molecule has 0 atom stereocenters. The van der Waals surface area contributed by atoms with Gasteiger partial charge in [0.2, 0.25) is 21.1 Å². The predicted octanol–water partition coefficient (Wildman–Crippen LogP) is 1.88. The highest BCUT2D eigenvalue weighted by molar-refractivity contribution is 7.89. The van der Waals surface area contributed by atoms with E-state index in [0.29, 0.717) is 31.1 Å². The fraction of sp³-hybridized carbons (Fsp3) is 0.786.